The average Bonchev–Trinajstić information content (AvgIpc) is 3.37. The molecule has 142 valence electrons. The van der Waals surface area contributed by atoms with Crippen molar-refractivity contribution >= 4 is 38.9 Å². The van der Waals surface area contributed by atoms with Gasteiger partial charge < -0.3 is 14.8 Å². The van der Waals surface area contributed by atoms with E-state index in [1.165, 1.54) is 11.3 Å². The van der Waals surface area contributed by atoms with Crippen LogP contribution >= 0.6 is 22.7 Å². The van der Waals surface area contributed by atoms with Crippen LogP contribution in [0.1, 0.15) is 34.8 Å². The largest absolute Gasteiger partial charge is 0.451 e. The fraction of sp³-hybridized carbons (Fsp3) is 0.150. The summed E-state index contributed by atoms with van der Waals surface area (Å²) in [6, 6.07) is 10.4. The summed E-state index contributed by atoms with van der Waals surface area (Å²) in [5.74, 6) is -0.220. The molecular formula is C20H16N2O4S2. The molecule has 0 saturated heterocycles. The molecule has 0 fully saturated rings. The lowest BCUT2D eigenvalue weighted by Gasteiger charge is -2.13. The highest BCUT2D eigenvalue weighted by Crippen LogP contribution is 2.33. The molecule has 4 rings (SSSR count). The van der Waals surface area contributed by atoms with Crippen molar-refractivity contribution in [3.63, 3.8) is 0 Å². The van der Waals surface area contributed by atoms with Crippen molar-refractivity contribution in [1.82, 2.24) is 9.97 Å². The van der Waals surface area contributed by atoms with Crippen LogP contribution in [-0.4, -0.2) is 21.0 Å². The molecule has 1 atom stereocenters. The first-order chi connectivity index (χ1) is 13.6. The van der Waals surface area contributed by atoms with E-state index in [2.05, 4.69) is 9.97 Å². The van der Waals surface area contributed by atoms with Gasteiger partial charge in [0, 0.05) is 15.8 Å². The van der Waals surface area contributed by atoms with Crippen LogP contribution in [-0.2, 0) is 11.3 Å². The highest BCUT2D eigenvalue weighted by atomic mass is 32.1. The van der Waals surface area contributed by atoms with E-state index >= 15 is 0 Å². The van der Waals surface area contributed by atoms with Gasteiger partial charge in [0.15, 0.2) is 11.9 Å². The number of nitrogens with one attached hydrogen (secondary N) is 1. The predicted molar refractivity (Wildman–Crippen MR) is 110 cm³/mol. The summed E-state index contributed by atoms with van der Waals surface area (Å²) in [5.41, 5.74) is 1.69. The number of thiophene rings is 2. The number of aliphatic hydroxyl groups is 1. The molecule has 0 radical (unpaired) electrons. The quantitative estimate of drug-likeness (QED) is 0.481. The molecule has 2 N–H and O–H groups in total. The van der Waals surface area contributed by atoms with Crippen molar-refractivity contribution < 1.29 is 14.6 Å². The maximum atomic E-state index is 12.7. The zero-order valence-electron chi connectivity index (χ0n) is 14.8. The first-order valence-electron chi connectivity index (χ1n) is 8.53. The maximum absolute atomic E-state index is 12.7. The molecule has 0 spiro atoms. The zero-order valence-corrected chi connectivity index (χ0v) is 16.5. The van der Waals surface area contributed by atoms with Gasteiger partial charge in [0.2, 0.25) is 0 Å². The van der Waals surface area contributed by atoms with Crippen LogP contribution in [0.15, 0.2) is 52.0 Å². The summed E-state index contributed by atoms with van der Waals surface area (Å²) < 4.78 is 5.45. The van der Waals surface area contributed by atoms with Crippen molar-refractivity contribution in [2.24, 2.45) is 0 Å². The van der Waals surface area contributed by atoms with E-state index in [1.807, 2.05) is 22.9 Å². The number of hydrogen-bond donors (Lipinski definition) is 2. The van der Waals surface area contributed by atoms with E-state index in [-0.39, 0.29) is 12.2 Å². The minimum Gasteiger partial charge on any atom is -0.451 e. The smallest absolute Gasteiger partial charge is 0.338 e. The van der Waals surface area contributed by atoms with Gasteiger partial charge in [-0.25, -0.2) is 9.78 Å². The summed E-state index contributed by atoms with van der Waals surface area (Å²) in [6.45, 7) is 1.57. The monoisotopic (exact) mass is 412 g/mol. The van der Waals surface area contributed by atoms with E-state index in [0.717, 1.165) is 10.4 Å². The number of esters is 1. The molecule has 0 bridgehead atoms. The molecule has 6 nitrogen and oxygen atoms in total. The molecule has 0 saturated carbocycles. The summed E-state index contributed by atoms with van der Waals surface area (Å²) in [5, 5.41) is 13.5. The minimum absolute atomic E-state index is 0.0921. The number of aromatic amines is 1. The molecule has 8 heteroatoms. The van der Waals surface area contributed by atoms with Crippen LogP contribution in [0.2, 0.25) is 0 Å². The van der Waals surface area contributed by atoms with Crippen LogP contribution in [0.5, 0.6) is 0 Å². The summed E-state index contributed by atoms with van der Waals surface area (Å²) in [7, 11) is 0. The van der Waals surface area contributed by atoms with Crippen molar-refractivity contribution in [3.8, 4) is 10.4 Å². The Morgan fingerprint density at radius 3 is 2.71 bits per heavy atom. The van der Waals surface area contributed by atoms with Crippen molar-refractivity contribution in [2.45, 2.75) is 19.6 Å². The van der Waals surface area contributed by atoms with Gasteiger partial charge in [-0.2, -0.15) is 0 Å². The zero-order chi connectivity index (χ0) is 19.7. The molecule has 0 unspecified atom stereocenters. The van der Waals surface area contributed by atoms with Crippen molar-refractivity contribution in [3.05, 3.63) is 74.5 Å². The Labute approximate surface area is 168 Å². The van der Waals surface area contributed by atoms with E-state index < -0.39 is 12.1 Å². The third kappa shape index (κ3) is 3.49. The molecule has 0 aliphatic heterocycles. The molecule has 0 aliphatic carbocycles. The minimum atomic E-state index is -0.714. The number of carbonyl (C=O) groups is 1. The molecule has 1 aromatic carbocycles. The second-order valence-corrected chi connectivity index (χ2v) is 7.97. The van der Waals surface area contributed by atoms with Crippen LogP contribution in [0.25, 0.3) is 20.7 Å². The van der Waals surface area contributed by atoms with E-state index in [9.17, 15) is 9.59 Å². The molecule has 0 aliphatic rings. The van der Waals surface area contributed by atoms with Crippen LogP contribution in [0.3, 0.4) is 0 Å². The first-order valence-corrected chi connectivity index (χ1v) is 10.3. The number of ether oxygens (including phenoxy) is 1. The van der Waals surface area contributed by atoms with E-state index in [1.54, 1.807) is 42.5 Å². The Hall–Kier alpha value is -2.81. The lowest BCUT2D eigenvalue weighted by Crippen LogP contribution is -2.17. The van der Waals surface area contributed by atoms with Crippen LogP contribution in [0, 0.1) is 0 Å². The third-order valence-corrected chi connectivity index (χ3v) is 6.07. The molecular weight excluding hydrogens is 396 g/mol. The van der Waals surface area contributed by atoms with Crippen LogP contribution < -0.4 is 5.56 Å². The van der Waals surface area contributed by atoms with Crippen molar-refractivity contribution in [1.29, 1.82) is 0 Å². The van der Waals surface area contributed by atoms with Gasteiger partial charge in [-0.1, -0.05) is 18.2 Å². The van der Waals surface area contributed by atoms with Crippen LogP contribution in [0.4, 0.5) is 0 Å². The summed E-state index contributed by atoms with van der Waals surface area (Å²) >= 11 is 2.95. The van der Waals surface area contributed by atoms with Gasteiger partial charge in [0.1, 0.15) is 4.83 Å². The number of benzene rings is 1. The van der Waals surface area contributed by atoms with E-state index in [4.69, 9.17) is 9.84 Å². The highest BCUT2D eigenvalue weighted by Gasteiger charge is 2.19. The standard InChI is InChI=1S/C20H16N2O4S2/c1-11(26-20(25)13-6-4-12(9-23)5-7-13)17-21-18(24)16-14(10-28-19(16)22-17)15-3-2-8-27-15/h2-8,10-11,23H,9H2,1H3,(H,21,22,24)/t11-/m1/s1. The van der Waals surface area contributed by atoms with Gasteiger partial charge in [-0.05, 0) is 36.1 Å². The van der Waals surface area contributed by atoms with Gasteiger partial charge in [0.05, 0.1) is 17.6 Å². The van der Waals surface area contributed by atoms with Gasteiger partial charge in [0.25, 0.3) is 5.56 Å². The number of nitrogens with zero attached hydrogens (tertiary/aromatic N) is 1. The lowest BCUT2D eigenvalue weighted by molar-refractivity contribution is 0.0320. The molecule has 3 heterocycles. The number of carbonyl (C=O) groups excluding carboxylic acids is 1. The summed E-state index contributed by atoms with van der Waals surface area (Å²) in [4.78, 5) is 33.9. The van der Waals surface area contributed by atoms with Gasteiger partial charge in [-0.15, -0.1) is 22.7 Å². The van der Waals surface area contributed by atoms with Crippen molar-refractivity contribution in [2.75, 3.05) is 0 Å². The fourth-order valence-corrected chi connectivity index (χ4v) is 4.57. The summed E-state index contributed by atoms with van der Waals surface area (Å²) in [6.07, 6.45) is -0.714. The number of aromatic nitrogens is 2. The Bertz CT molecular complexity index is 1180. The normalized spacial score (nSPS) is 12.2. The second-order valence-electron chi connectivity index (χ2n) is 6.16. The maximum Gasteiger partial charge on any atom is 0.338 e. The first kappa shape index (κ1) is 18.5. The third-order valence-electron chi connectivity index (χ3n) is 4.29. The molecule has 4 aromatic rings. The Morgan fingerprint density at radius 1 is 1.25 bits per heavy atom. The SMILES string of the molecule is C[C@@H](OC(=O)c1ccc(CO)cc1)c1nc2scc(-c3cccs3)c2c(=O)[nH]1. The molecule has 0 amide bonds. The number of aliphatic hydroxyl groups excluding tert-OH is 1. The second kappa shape index (κ2) is 7.67. The molecule has 3 aromatic heterocycles. The topological polar surface area (TPSA) is 92.3 Å². The fourth-order valence-electron chi connectivity index (χ4n) is 2.80. The number of H-pyrrole nitrogens is 1. The Morgan fingerprint density at radius 2 is 2.04 bits per heavy atom. The van der Waals surface area contributed by atoms with Gasteiger partial charge >= 0.3 is 5.97 Å². The Balaban J connectivity index is 1.60. The molecule has 28 heavy (non-hydrogen) atoms. The van der Waals surface area contributed by atoms with E-state index in [0.29, 0.717) is 27.2 Å². The Kier molecular flexibility index (Phi) is 5.08. The lowest BCUT2D eigenvalue weighted by atomic mass is 10.1. The average molecular weight is 412 g/mol. The number of fused-ring (bicyclic) bond motifs is 1. The number of hydrogen-bond acceptors (Lipinski definition) is 7. The number of rotatable bonds is 5. The van der Waals surface area contributed by atoms with Gasteiger partial charge in [-0.3, -0.25) is 4.79 Å². The predicted octanol–water partition coefficient (Wildman–Crippen LogP) is 4.12. The highest BCUT2D eigenvalue weighted by molar-refractivity contribution is 7.18.